The quantitative estimate of drug-likeness (QED) is 0.269. The molecular formula is C18H34N2O2. The van der Waals surface area contributed by atoms with E-state index in [4.69, 9.17) is 9.47 Å². The molecule has 0 N–H and O–H groups in total. The summed E-state index contributed by atoms with van der Waals surface area (Å²) in [5, 5.41) is 0. The van der Waals surface area contributed by atoms with Gasteiger partial charge in [0.05, 0.1) is 14.2 Å². The molecule has 0 fully saturated rings. The molecule has 0 aliphatic carbocycles. The van der Waals surface area contributed by atoms with E-state index in [2.05, 4.69) is 37.0 Å². The number of hydrogen-bond donors (Lipinski definition) is 0. The Kier molecular flexibility index (Phi) is 16.3. The normalized spacial score (nSPS) is 13.0. The van der Waals surface area contributed by atoms with Crippen molar-refractivity contribution >= 4 is 11.8 Å². The number of aliphatic imine (C=N–C) groups is 2. The average molecular weight is 310 g/mol. The molecule has 1 atom stereocenters. The molecule has 0 aliphatic heterocycles. The average Bonchev–Trinajstić information content (AvgIpc) is 2.54. The minimum Gasteiger partial charge on any atom is -0.484 e. The van der Waals surface area contributed by atoms with Gasteiger partial charge < -0.3 is 9.47 Å². The second kappa shape index (κ2) is 15.8. The van der Waals surface area contributed by atoms with Gasteiger partial charge in [-0.3, -0.25) is 4.99 Å². The Labute approximate surface area is 137 Å². The molecule has 0 rings (SSSR count). The molecule has 0 amide bonds. The summed E-state index contributed by atoms with van der Waals surface area (Å²) < 4.78 is 10.7. The zero-order chi connectivity index (χ0) is 17.4. The van der Waals surface area contributed by atoms with Crippen molar-refractivity contribution in [3.8, 4) is 0 Å². The van der Waals surface area contributed by atoms with Crippen LogP contribution in [0.3, 0.4) is 0 Å². The summed E-state index contributed by atoms with van der Waals surface area (Å²) in [4.78, 5) is 9.11. The first-order valence-corrected chi connectivity index (χ1v) is 8.01. The fourth-order valence-corrected chi connectivity index (χ4v) is 1.63. The molecule has 4 heteroatoms. The van der Waals surface area contributed by atoms with Gasteiger partial charge in [-0.15, -0.1) is 13.2 Å². The highest BCUT2D eigenvalue weighted by molar-refractivity contribution is 5.86. The Morgan fingerprint density at radius 3 is 2.05 bits per heavy atom. The van der Waals surface area contributed by atoms with Crippen LogP contribution in [0.5, 0.6) is 0 Å². The maximum absolute atomic E-state index is 5.40. The highest BCUT2D eigenvalue weighted by Gasteiger charge is 2.21. The van der Waals surface area contributed by atoms with Crippen LogP contribution in [0.4, 0.5) is 0 Å². The molecule has 0 saturated carbocycles. The summed E-state index contributed by atoms with van der Waals surface area (Å²) in [5.41, 5.74) is 0. The van der Waals surface area contributed by atoms with Crippen LogP contribution in [0.15, 0.2) is 35.3 Å². The third kappa shape index (κ3) is 10.2. The third-order valence-corrected chi connectivity index (χ3v) is 2.78. The molecule has 0 heterocycles. The van der Waals surface area contributed by atoms with Crippen LogP contribution in [0.1, 0.15) is 47.0 Å². The highest BCUT2D eigenvalue weighted by Crippen LogP contribution is 2.12. The number of hydrogen-bond acceptors (Lipinski definition) is 4. The molecule has 0 aromatic carbocycles. The van der Waals surface area contributed by atoms with Crippen molar-refractivity contribution in [2.24, 2.45) is 15.9 Å². The first-order valence-electron chi connectivity index (χ1n) is 8.01. The van der Waals surface area contributed by atoms with E-state index in [0.29, 0.717) is 18.3 Å². The van der Waals surface area contributed by atoms with Crippen molar-refractivity contribution in [2.45, 2.75) is 53.0 Å². The fraction of sp³-hybridized carbons (Fsp3) is 0.667. The molecule has 0 radical (unpaired) electrons. The molecule has 0 spiro atoms. The number of allylic oxidation sites excluding steroid dienone is 1. The van der Waals surface area contributed by atoms with Gasteiger partial charge >= 0.3 is 0 Å². The molecule has 0 aromatic heterocycles. The summed E-state index contributed by atoms with van der Waals surface area (Å²) in [7, 11) is 3.27. The van der Waals surface area contributed by atoms with Gasteiger partial charge in [-0.2, -0.15) is 0 Å². The standard InChI is InChI=1S/C16H28N2O2.C2H6/c1-7-9-11-14(19-5)18-15(13(3)4)16(20-6)17-12-10-8-2;1-2/h7-8,13,15H,1-2,9-12H2,3-6H3;1-2H3. The van der Waals surface area contributed by atoms with E-state index in [0.717, 1.165) is 19.3 Å². The molecule has 0 aliphatic rings. The predicted molar refractivity (Wildman–Crippen MR) is 98.0 cm³/mol. The summed E-state index contributed by atoms with van der Waals surface area (Å²) in [6, 6.07) is -0.121. The van der Waals surface area contributed by atoms with Gasteiger partial charge in [-0.05, 0) is 18.8 Å². The van der Waals surface area contributed by atoms with E-state index in [1.54, 1.807) is 14.2 Å². The first-order chi connectivity index (χ1) is 10.6. The smallest absolute Gasteiger partial charge is 0.208 e. The molecule has 128 valence electrons. The van der Waals surface area contributed by atoms with Crippen molar-refractivity contribution in [1.82, 2.24) is 0 Å². The lowest BCUT2D eigenvalue weighted by atomic mass is 10.0. The minimum absolute atomic E-state index is 0.121. The Hall–Kier alpha value is -1.58. The SMILES string of the molecule is C=CCCN=C(OC)C(N=C(CCC=C)OC)C(C)C.CC. The number of ether oxygens (including phenoxy) is 2. The monoisotopic (exact) mass is 310 g/mol. The number of rotatable bonds is 9. The van der Waals surface area contributed by atoms with Crippen molar-refractivity contribution < 1.29 is 9.47 Å². The van der Waals surface area contributed by atoms with Gasteiger partial charge in [0.1, 0.15) is 6.04 Å². The maximum atomic E-state index is 5.40. The Balaban J connectivity index is 0. The Morgan fingerprint density at radius 1 is 1.05 bits per heavy atom. The van der Waals surface area contributed by atoms with Crippen molar-refractivity contribution in [2.75, 3.05) is 20.8 Å². The first kappa shape index (κ1) is 22.7. The van der Waals surface area contributed by atoms with E-state index in [1.165, 1.54) is 0 Å². The predicted octanol–water partition coefficient (Wildman–Crippen LogP) is 4.67. The summed E-state index contributed by atoms with van der Waals surface area (Å²) in [6.45, 7) is 16.3. The summed E-state index contributed by atoms with van der Waals surface area (Å²) in [6.07, 6.45) is 6.11. The summed E-state index contributed by atoms with van der Waals surface area (Å²) >= 11 is 0. The lowest BCUT2D eigenvalue weighted by molar-refractivity contribution is 0.352. The van der Waals surface area contributed by atoms with E-state index in [9.17, 15) is 0 Å². The molecule has 0 saturated heterocycles. The zero-order valence-corrected chi connectivity index (χ0v) is 15.3. The van der Waals surface area contributed by atoms with Crippen LogP contribution < -0.4 is 0 Å². The lowest BCUT2D eigenvalue weighted by Gasteiger charge is -2.19. The fourth-order valence-electron chi connectivity index (χ4n) is 1.63. The van der Waals surface area contributed by atoms with Gasteiger partial charge in [0.15, 0.2) is 5.90 Å². The van der Waals surface area contributed by atoms with Crippen LogP contribution in [-0.2, 0) is 9.47 Å². The van der Waals surface area contributed by atoms with E-state index < -0.39 is 0 Å². The summed E-state index contributed by atoms with van der Waals surface area (Å²) in [5.74, 6) is 1.64. The molecule has 22 heavy (non-hydrogen) atoms. The number of nitrogens with zero attached hydrogens (tertiary/aromatic N) is 2. The van der Waals surface area contributed by atoms with E-state index in [1.807, 2.05) is 26.0 Å². The van der Waals surface area contributed by atoms with Gasteiger partial charge in [0.25, 0.3) is 0 Å². The largest absolute Gasteiger partial charge is 0.484 e. The maximum Gasteiger partial charge on any atom is 0.208 e. The van der Waals surface area contributed by atoms with Gasteiger partial charge in [0, 0.05) is 13.0 Å². The molecule has 0 aromatic rings. The molecule has 0 bridgehead atoms. The van der Waals surface area contributed by atoms with Crippen LogP contribution in [0, 0.1) is 5.92 Å². The Bertz CT molecular complexity index is 347. The Morgan fingerprint density at radius 2 is 1.64 bits per heavy atom. The van der Waals surface area contributed by atoms with Gasteiger partial charge in [-0.1, -0.05) is 39.8 Å². The second-order valence-corrected chi connectivity index (χ2v) is 4.74. The van der Waals surface area contributed by atoms with Gasteiger partial charge in [-0.25, -0.2) is 4.99 Å². The topological polar surface area (TPSA) is 43.2 Å². The van der Waals surface area contributed by atoms with Crippen LogP contribution >= 0.6 is 0 Å². The second-order valence-electron chi connectivity index (χ2n) is 4.74. The lowest BCUT2D eigenvalue weighted by Crippen LogP contribution is -2.28. The van der Waals surface area contributed by atoms with Crippen molar-refractivity contribution in [1.29, 1.82) is 0 Å². The van der Waals surface area contributed by atoms with Gasteiger partial charge in [0.2, 0.25) is 5.90 Å². The minimum atomic E-state index is -0.121. The molecule has 1 unspecified atom stereocenters. The molecule has 4 nitrogen and oxygen atoms in total. The van der Waals surface area contributed by atoms with Crippen molar-refractivity contribution in [3.05, 3.63) is 25.3 Å². The highest BCUT2D eigenvalue weighted by atomic mass is 16.5. The zero-order valence-electron chi connectivity index (χ0n) is 15.3. The van der Waals surface area contributed by atoms with E-state index >= 15 is 0 Å². The van der Waals surface area contributed by atoms with Crippen LogP contribution in [-0.4, -0.2) is 38.6 Å². The van der Waals surface area contributed by atoms with Crippen LogP contribution in [0.2, 0.25) is 0 Å². The molecular weight excluding hydrogens is 276 g/mol. The van der Waals surface area contributed by atoms with Crippen LogP contribution in [0.25, 0.3) is 0 Å². The van der Waals surface area contributed by atoms with E-state index in [-0.39, 0.29) is 12.0 Å². The third-order valence-electron chi connectivity index (χ3n) is 2.78. The number of methoxy groups -OCH3 is 2. The van der Waals surface area contributed by atoms with Crippen molar-refractivity contribution in [3.63, 3.8) is 0 Å².